The molecule has 218 valence electrons. The number of aromatic nitrogens is 2. The van der Waals surface area contributed by atoms with Crippen molar-refractivity contribution in [3.63, 3.8) is 0 Å². The van der Waals surface area contributed by atoms with Crippen LogP contribution in [0.4, 0.5) is 0 Å². The van der Waals surface area contributed by atoms with Gasteiger partial charge in [0, 0.05) is 10.8 Å². The van der Waals surface area contributed by atoms with Gasteiger partial charge in [-0.1, -0.05) is 77.9 Å². The fourth-order valence-electron chi connectivity index (χ4n) is 7.33. The lowest BCUT2D eigenvalue weighted by molar-refractivity contribution is 0.507. The van der Waals surface area contributed by atoms with E-state index >= 15 is 0 Å². The van der Waals surface area contributed by atoms with E-state index in [1.165, 1.54) is 32.9 Å². The number of hydrogen-bond donors (Lipinski definition) is 0. The van der Waals surface area contributed by atoms with Gasteiger partial charge in [0.15, 0.2) is 22.3 Å². The van der Waals surface area contributed by atoms with Crippen LogP contribution in [0.3, 0.4) is 0 Å². The summed E-state index contributed by atoms with van der Waals surface area (Å²) in [6.45, 7) is 13.9. The molecule has 4 heteroatoms. The van der Waals surface area contributed by atoms with Crippen molar-refractivity contribution in [3.05, 3.63) is 96.1 Å². The van der Waals surface area contributed by atoms with Gasteiger partial charge in [-0.2, -0.15) is 0 Å². The smallest absolute Gasteiger partial charge is 0.162 e. The molecule has 0 N–H and O–H groups in total. The van der Waals surface area contributed by atoms with Crippen LogP contribution >= 0.6 is 0 Å². The molecule has 9 aromatic rings. The molecule has 0 fully saturated rings. The molecule has 0 unspecified atom stereocenters. The van der Waals surface area contributed by atoms with Gasteiger partial charge >= 0.3 is 0 Å². The highest BCUT2D eigenvalue weighted by molar-refractivity contribution is 6.34. The predicted molar refractivity (Wildman–Crippen MR) is 185 cm³/mol. The van der Waals surface area contributed by atoms with Crippen molar-refractivity contribution < 1.29 is 8.83 Å². The van der Waals surface area contributed by atoms with Crippen molar-refractivity contribution in [3.8, 4) is 0 Å². The first kappa shape index (κ1) is 25.8. The molecule has 4 heterocycles. The van der Waals surface area contributed by atoms with Gasteiger partial charge < -0.3 is 17.6 Å². The van der Waals surface area contributed by atoms with Crippen LogP contribution in [0, 0.1) is 0 Å². The molecule has 0 amide bonds. The summed E-state index contributed by atoms with van der Waals surface area (Å²) >= 11 is 0. The fourth-order valence-corrected chi connectivity index (χ4v) is 7.33. The lowest BCUT2D eigenvalue weighted by atomic mass is 9.81. The molecule has 4 aromatic heterocycles. The molecule has 0 bridgehead atoms. The van der Waals surface area contributed by atoms with Crippen LogP contribution in [0.1, 0.15) is 65.5 Å². The number of benzene rings is 5. The van der Waals surface area contributed by atoms with Gasteiger partial charge in [0.1, 0.15) is 11.0 Å². The average molecular weight is 577 g/mol. The first-order valence-electron chi connectivity index (χ1n) is 15.9. The molecule has 0 saturated carbocycles. The van der Waals surface area contributed by atoms with E-state index in [0.29, 0.717) is 0 Å². The average Bonchev–Trinajstić information content (AvgIpc) is 3.58. The van der Waals surface area contributed by atoms with E-state index in [4.69, 9.17) is 8.83 Å². The summed E-state index contributed by atoms with van der Waals surface area (Å²) in [4.78, 5) is 0. The highest BCUT2D eigenvalue weighted by Crippen LogP contribution is 2.48. The van der Waals surface area contributed by atoms with Crippen LogP contribution in [0.2, 0.25) is 0 Å². The lowest BCUT2D eigenvalue weighted by Gasteiger charge is -2.23. The second kappa shape index (κ2) is 8.47. The van der Waals surface area contributed by atoms with Crippen LogP contribution in [-0.2, 0) is 10.8 Å². The van der Waals surface area contributed by atoms with Crippen molar-refractivity contribution in [1.29, 1.82) is 0 Å². The Morgan fingerprint density at radius 3 is 1.34 bits per heavy atom. The maximum Gasteiger partial charge on any atom is 0.162 e. The van der Waals surface area contributed by atoms with E-state index in [2.05, 4.69) is 135 Å². The Kier molecular flexibility index (Phi) is 4.96. The molecule has 44 heavy (non-hydrogen) atoms. The summed E-state index contributed by atoms with van der Waals surface area (Å²) in [6, 6.07) is 30.8. The Morgan fingerprint density at radius 2 is 0.932 bits per heavy atom. The monoisotopic (exact) mass is 576 g/mol. The SMILES string of the molecule is CCC(C)(C)c1ccc2c(c1)c1c3oc4ccccc4n4c5ccc(C(C)(C)CC)cc5c(c5oc6ccccc6n2c51)c34. The molecule has 0 aliphatic rings. The zero-order valence-electron chi connectivity index (χ0n) is 26.2. The molecule has 0 aliphatic carbocycles. The third kappa shape index (κ3) is 3.13. The second-order valence-electron chi connectivity index (χ2n) is 13.9. The van der Waals surface area contributed by atoms with Crippen LogP contribution in [0.25, 0.3) is 77.0 Å². The fraction of sp³-hybridized carbons (Fsp3) is 0.250. The van der Waals surface area contributed by atoms with E-state index in [9.17, 15) is 0 Å². The minimum atomic E-state index is 0.0478. The van der Waals surface area contributed by atoms with Gasteiger partial charge in [-0.15, -0.1) is 0 Å². The van der Waals surface area contributed by atoms with Crippen molar-refractivity contribution in [2.75, 3.05) is 0 Å². The highest BCUT2D eigenvalue weighted by atomic mass is 16.3. The van der Waals surface area contributed by atoms with Crippen molar-refractivity contribution >= 4 is 77.0 Å². The first-order valence-corrected chi connectivity index (χ1v) is 15.9. The Morgan fingerprint density at radius 1 is 0.523 bits per heavy atom. The Bertz CT molecular complexity index is 2450. The molecule has 5 aromatic carbocycles. The number of para-hydroxylation sites is 4. The summed E-state index contributed by atoms with van der Waals surface area (Å²) in [7, 11) is 0. The van der Waals surface area contributed by atoms with Gasteiger partial charge in [-0.05, 0) is 83.3 Å². The predicted octanol–water partition coefficient (Wildman–Crippen LogP) is 11.7. The van der Waals surface area contributed by atoms with E-state index in [1.54, 1.807) is 0 Å². The first-order chi connectivity index (χ1) is 21.2. The largest absolute Gasteiger partial charge is 0.452 e. The number of fused-ring (bicyclic) bond motifs is 12. The lowest BCUT2D eigenvalue weighted by Crippen LogP contribution is -2.15. The van der Waals surface area contributed by atoms with Gasteiger partial charge in [-0.3, -0.25) is 0 Å². The summed E-state index contributed by atoms with van der Waals surface area (Å²) in [5.74, 6) is 0. The second-order valence-corrected chi connectivity index (χ2v) is 13.9. The third-order valence-corrected chi connectivity index (χ3v) is 10.8. The zero-order chi connectivity index (χ0) is 30.1. The van der Waals surface area contributed by atoms with Crippen molar-refractivity contribution in [2.45, 2.75) is 65.2 Å². The summed E-state index contributed by atoms with van der Waals surface area (Å²) in [5, 5.41) is 4.61. The van der Waals surface area contributed by atoms with Gasteiger partial charge in [0.05, 0.1) is 32.8 Å². The molecule has 0 saturated heterocycles. The highest BCUT2D eigenvalue weighted by Gasteiger charge is 2.29. The van der Waals surface area contributed by atoms with Crippen LogP contribution in [-0.4, -0.2) is 8.80 Å². The van der Waals surface area contributed by atoms with Gasteiger partial charge in [0.25, 0.3) is 0 Å². The standard InChI is InChI=1S/C40H36N2O2/c1-7-39(3,4)23-17-19-27-25(21-23)33-35-38(44-31-15-11-9-13-29(31)41(27)35)34-26-22-24(40(5,6)8-2)18-20-28(26)42-30-14-10-12-16-32(30)43-37(33)36(34)42/h9-22H,7-8H2,1-6H3. The number of nitrogens with zero attached hydrogens (tertiary/aromatic N) is 2. The molecular formula is C40H36N2O2. The molecular weight excluding hydrogens is 540 g/mol. The van der Waals surface area contributed by atoms with E-state index in [0.717, 1.165) is 68.0 Å². The third-order valence-electron chi connectivity index (χ3n) is 10.8. The summed E-state index contributed by atoms with van der Waals surface area (Å²) in [6.07, 6.45) is 2.11. The van der Waals surface area contributed by atoms with Gasteiger partial charge in [-0.25, -0.2) is 0 Å². The Hall–Kier alpha value is -4.70. The minimum absolute atomic E-state index is 0.0478. The topological polar surface area (TPSA) is 35.1 Å². The quantitative estimate of drug-likeness (QED) is 0.195. The van der Waals surface area contributed by atoms with Crippen molar-refractivity contribution in [1.82, 2.24) is 8.80 Å². The molecule has 0 atom stereocenters. The number of rotatable bonds is 4. The summed E-state index contributed by atoms with van der Waals surface area (Å²) in [5.41, 5.74) is 12.9. The van der Waals surface area contributed by atoms with E-state index < -0.39 is 0 Å². The molecule has 4 nitrogen and oxygen atoms in total. The normalized spacial score (nSPS) is 13.4. The maximum absolute atomic E-state index is 7.01. The zero-order valence-corrected chi connectivity index (χ0v) is 26.2. The molecule has 0 aliphatic heterocycles. The van der Waals surface area contributed by atoms with Crippen LogP contribution < -0.4 is 0 Å². The number of hydrogen-bond acceptors (Lipinski definition) is 2. The molecule has 9 rings (SSSR count). The van der Waals surface area contributed by atoms with Crippen LogP contribution in [0.15, 0.2) is 93.8 Å². The summed E-state index contributed by atoms with van der Waals surface area (Å²) < 4.78 is 18.8. The maximum atomic E-state index is 7.01. The van der Waals surface area contributed by atoms with Crippen LogP contribution in [0.5, 0.6) is 0 Å². The van der Waals surface area contributed by atoms with Crippen molar-refractivity contribution in [2.24, 2.45) is 0 Å². The van der Waals surface area contributed by atoms with Gasteiger partial charge in [0.2, 0.25) is 0 Å². The Labute approximate surface area is 255 Å². The van der Waals surface area contributed by atoms with E-state index in [-0.39, 0.29) is 10.8 Å². The van der Waals surface area contributed by atoms with E-state index in [1.807, 2.05) is 0 Å². The molecule has 0 spiro atoms. The Balaban J connectivity index is 1.64. The minimum Gasteiger partial charge on any atom is -0.452 e. The molecule has 0 radical (unpaired) electrons.